The van der Waals surface area contributed by atoms with Gasteiger partial charge >= 0.3 is 0 Å². The molecule has 0 N–H and O–H groups in total. The van der Waals surface area contributed by atoms with E-state index in [9.17, 15) is 4.79 Å². The van der Waals surface area contributed by atoms with Gasteiger partial charge in [-0.25, -0.2) is 9.38 Å². The molecule has 2 aromatic heterocycles. The van der Waals surface area contributed by atoms with Gasteiger partial charge in [0.15, 0.2) is 23.0 Å². The second-order valence-electron chi connectivity index (χ2n) is 8.34. The molecule has 5 rings (SSSR count). The number of hydrogen-bond donors (Lipinski definition) is 0. The van der Waals surface area contributed by atoms with Crippen LogP contribution < -0.4 is 14.4 Å². The molecule has 10 nitrogen and oxygen atoms in total. The molecule has 1 amide bonds. The van der Waals surface area contributed by atoms with E-state index in [2.05, 4.69) is 15.1 Å². The summed E-state index contributed by atoms with van der Waals surface area (Å²) in [5, 5.41) is 9.74. The van der Waals surface area contributed by atoms with Crippen LogP contribution in [0.4, 0.5) is 5.95 Å². The van der Waals surface area contributed by atoms with Gasteiger partial charge in [-0.3, -0.25) is 4.79 Å². The van der Waals surface area contributed by atoms with Crippen molar-refractivity contribution in [3.8, 4) is 11.5 Å². The van der Waals surface area contributed by atoms with Crippen LogP contribution in [-0.4, -0.2) is 77.9 Å². The fraction of sp³-hybridized carbons (Fsp3) is 0.360. The minimum atomic E-state index is -0.0335. The van der Waals surface area contributed by atoms with Crippen LogP contribution in [0.15, 0.2) is 42.5 Å². The van der Waals surface area contributed by atoms with E-state index in [4.69, 9.17) is 19.2 Å². The van der Waals surface area contributed by atoms with Crippen molar-refractivity contribution in [3.63, 3.8) is 0 Å². The van der Waals surface area contributed by atoms with Crippen LogP contribution in [0.1, 0.15) is 22.6 Å². The van der Waals surface area contributed by atoms with Crippen LogP contribution in [-0.2, 0) is 11.3 Å². The molecule has 1 aliphatic heterocycles. The van der Waals surface area contributed by atoms with E-state index < -0.39 is 0 Å². The molecule has 1 fully saturated rings. The SMILES string of the molecule is COCc1nnc2c3ccccc3nc(N3CCCN(C(=O)c4ccc(OC)c(OC)c4)CC3)n12. The van der Waals surface area contributed by atoms with Gasteiger partial charge < -0.3 is 24.0 Å². The molecule has 3 heterocycles. The summed E-state index contributed by atoms with van der Waals surface area (Å²) in [6, 6.07) is 13.2. The molecule has 0 spiro atoms. The Labute approximate surface area is 203 Å². The van der Waals surface area contributed by atoms with Gasteiger partial charge in [-0.1, -0.05) is 12.1 Å². The molecule has 35 heavy (non-hydrogen) atoms. The number of hydrogen-bond acceptors (Lipinski definition) is 8. The normalized spacial score (nSPS) is 14.4. The summed E-state index contributed by atoms with van der Waals surface area (Å²) in [6.45, 7) is 2.91. The average Bonchev–Trinajstić information content (AvgIpc) is 3.16. The quantitative estimate of drug-likeness (QED) is 0.419. The number of methoxy groups -OCH3 is 3. The smallest absolute Gasteiger partial charge is 0.254 e. The number of aromatic nitrogens is 4. The Morgan fingerprint density at radius 3 is 2.57 bits per heavy atom. The molecule has 0 bridgehead atoms. The molecule has 0 atom stereocenters. The minimum absolute atomic E-state index is 0.0335. The number of para-hydroxylation sites is 1. The number of nitrogens with zero attached hydrogens (tertiary/aromatic N) is 6. The van der Waals surface area contributed by atoms with Crippen molar-refractivity contribution >= 4 is 28.4 Å². The highest BCUT2D eigenvalue weighted by atomic mass is 16.5. The number of anilines is 1. The monoisotopic (exact) mass is 476 g/mol. The summed E-state index contributed by atoms with van der Waals surface area (Å²) >= 11 is 0. The Bertz CT molecular complexity index is 1370. The lowest BCUT2D eigenvalue weighted by Gasteiger charge is -2.24. The van der Waals surface area contributed by atoms with Gasteiger partial charge in [0.25, 0.3) is 5.91 Å². The molecule has 1 saturated heterocycles. The van der Waals surface area contributed by atoms with E-state index in [0.29, 0.717) is 49.1 Å². The van der Waals surface area contributed by atoms with Gasteiger partial charge in [0.1, 0.15) is 6.61 Å². The van der Waals surface area contributed by atoms with Gasteiger partial charge in [0.2, 0.25) is 5.95 Å². The van der Waals surface area contributed by atoms with E-state index >= 15 is 0 Å². The van der Waals surface area contributed by atoms with Crippen molar-refractivity contribution in [2.45, 2.75) is 13.0 Å². The van der Waals surface area contributed by atoms with E-state index in [0.717, 1.165) is 35.5 Å². The molecule has 2 aromatic carbocycles. The standard InChI is InChI=1S/C25H28N6O4/c1-33-16-22-27-28-23-18-7-4-5-8-19(18)26-25(31(22)23)30-12-6-11-29(13-14-30)24(32)17-9-10-20(34-2)21(15-17)35-3/h4-5,7-10,15H,6,11-14,16H2,1-3H3. The third-order valence-electron chi connectivity index (χ3n) is 6.27. The van der Waals surface area contributed by atoms with E-state index in [-0.39, 0.29) is 5.91 Å². The van der Waals surface area contributed by atoms with Crippen molar-refractivity contribution in [1.82, 2.24) is 24.5 Å². The fourth-order valence-corrected chi connectivity index (χ4v) is 4.53. The van der Waals surface area contributed by atoms with E-state index in [1.807, 2.05) is 33.6 Å². The van der Waals surface area contributed by atoms with Gasteiger partial charge in [0, 0.05) is 44.2 Å². The molecule has 4 aromatic rings. The Kier molecular flexibility index (Phi) is 6.37. The van der Waals surface area contributed by atoms with Gasteiger partial charge in [0.05, 0.1) is 19.7 Å². The molecular weight excluding hydrogens is 448 g/mol. The average molecular weight is 477 g/mol. The molecular formula is C25H28N6O4. The topological polar surface area (TPSA) is 94.3 Å². The minimum Gasteiger partial charge on any atom is -0.493 e. The van der Waals surface area contributed by atoms with Crippen molar-refractivity contribution in [2.24, 2.45) is 0 Å². The summed E-state index contributed by atoms with van der Waals surface area (Å²) in [6.07, 6.45) is 0.802. The van der Waals surface area contributed by atoms with E-state index in [1.54, 1.807) is 39.5 Å². The highest BCUT2D eigenvalue weighted by Crippen LogP contribution is 2.29. The Hall–Kier alpha value is -3.92. The first-order valence-electron chi connectivity index (χ1n) is 11.5. The predicted molar refractivity (Wildman–Crippen MR) is 131 cm³/mol. The molecule has 0 radical (unpaired) electrons. The second kappa shape index (κ2) is 9.75. The van der Waals surface area contributed by atoms with Crippen molar-refractivity contribution in [1.29, 1.82) is 0 Å². The predicted octanol–water partition coefficient (Wildman–Crippen LogP) is 2.79. The van der Waals surface area contributed by atoms with Crippen LogP contribution in [0.25, 0.3) is 16.6 Å². The molecule has 182 valence electrons. The highest BCUT2D eigenvalue weighted by molar-refractivity contribution is 5.95. The molecule has 0 unspecified atom stereocenters. The zero-order chi connectivity index (χ0) is 24.4. The van der Waals surface area contributed by atoms with Crippen molar-refractivity contribution in [2.75, 3.05) is 52.4 Å². The van der Waals surface area contributed by atoms with Crippen molar-refractivity contribution < 1.29 is 19.0 Å². The molecule has 0 aliphatic carbocycles. The first-order valence-corrected chi connectivity index (χ1v) is 11.5. The second-order valence-corrected chi connectivity index (χ2v) is 8.34. The zero-order valence-corrected chi connectivity index (χ0v) is 20.1. The number of benzene rings is 2. The number of carbonyl (C=O) groups is 1. The van der Waals surface area contributed by atoms with Gasteiger partial charge in [-0.05, 0) is 36.8 Å². The third kappa shape index (κ3) is 4.21. The highest BCUT2D eigenvalue weighted by Gasteiger charge is 2.25. The van der Waals surface area contributed by atoms with Crippen molar-refractivity contribution in [3.05, 3.63) is 53.9 Å². The lowest BCUT2D eigenvalue weighted by Crippen LogP contribution is -2.36. The van der Waals surface area contributed by atoms with Crippen LogP contribution in [0.2, 0.25) is 0 Å². The van der Waals surface area contributed by atoms with E-state index in [1.165, 1.54) is 0 Å². The first kappa shape index (κ1) is 22.9. The summed E-state index contributed by atoms with van der Waals surface area (Å²) < 4.78 is 18.0. The van der Waals surface area contributed by atoms with Crippen LogP contribution in [0, 0.1) is 0 Å². The maximum atomic E-state index is 13.3. The molecule has 1 aliphatic rings. The number of ether oxygens (including phenoxy) is 3. The number of rotatable bonds is 6. The molecule has 10 heteroatoms. The Morgan fingerprint density at radius 1 is 0.943 bits per heavy atom. The third-order valence-corrected chi connectivity index (χ3v) is 6.27. The maximum Gasteiger partial charge on any atom is 0.254 e. The summed E-state index contributed by atoms with van der Waals surface area (Å²) in [7, 11) is 4.78. The number of carbonyl (C=O) groups excluding carboxylic acids is 1. The van der Waals surface area contributed by atoms with Crippen LogP contribution in [0.5, 0.6) is 11.5 Å². The zero-order valence-electron chi connectivity index (χ0n) is 20.1. The Balaban J connectivity index is 1.44. The largest absolute Gasteiger partial charge is 0.493 e. The molecule has 0 saturated carbocycles. The number of fused-ring (bicyclic) bond motifs is 3. The Morgan fingerprint density at radius 2 is 1.77 bits per heavy atom. The first-order chi connectivity index (χ1) is 17.1. The maximum absolute atomic E-state index is 13.3. The van der Waals surface area contributed by atoms with Crippen LogP contribution in [0.3, 0.4) is 0 Å². The van der Waals surface area contributed by atoms with Gasteiger partial charge in [-0.15, -0.1) is 10.2 Å². The summed E-state index contributed by atoms with van der Waals surface area (Å²) in [4.78, 5) is 22.4. The lowest BCUT2D eigenvalue weighted by atomic mass is 10.1. The number of amides is 1. The van der Waals surface area contributed by atoms with Gasteiger partial charge in [-0.2, -0.15) is 0 Å². The fourth-order valence-electron chi connectivity index (χ4n) is 4.53. The summed E-state index contributed by atoms with van der Waals surface area (Å²) in [5.74, 6) is 2.55. The van der Waals surface area contributed by atoms with Crippen LogP contribution >= 0.6 is 0 Å². The summed E-state index contributed by atoms with van der Waals surface area (Å²) in [5.41, 5.74) is 2.18. The lowest BCUT2D eigenvalue weighted by molar-refractivity contribution is 0.0766.